The molecule has 1 aliphatic rings. The van der Waals surface area contributed by atoms with Crippen molar-refractivity contribution >= 4 is 22.6 Å². The third kappa shape index (κ3) is 3.03. The Bertz CT molecular complexity index is 412. The Kier molecular flexibility index (Phi) is 5.37. The number of fused-ring (bicyclic) bond motifs is 1. The van der Waals surface area contributed by atoms with Crippen molar-refractivity contribution in [2.75, 3.05) is 16.6 Å². The molecule has 2 N–H and O–H groups in total. The van der Waals surface area contributed by atoms with Crippen molar-refractivity contribution in [1.82, 2.24) is 0 Å². The molecule has 6 heteroatoms. The fourth-order valence-electron chi connectivity index (χ4n) is 1.90. The van der Waals surface area contributed by atoms with Crippen molar-refractivity contribution in [3.05, 3.63) is 23.3 Å². The average Bonchev–Trinajstić information content (AvgIpc) is 2.22. The zero-order valence-corrected chi connectivity index (χ0v) is 12.7. The van der Waals surface area contributed by atoms with Crippen LogP contribution in [-0.4, -0.2) is 15.3 Å². The molecule has 0 aromatic heterocycles. The first kappa shape index (κ1) is 14.1. The van der Waals surface area contributed by atoms with Gasteiger partial charge in [0.1, 0.15) is 0 Å². The minimum absolute atomic E-state index is 0. The second-order valence-electron chi connectivity index (χ2n) is 3.65. The van der Waals surface area contributed by atoms with Gasteiger partial charge in [-0.3, -0.25) is 4.21 Å². The van der Waals surface area contributed by atoms with Crippen molar-refractivity contribution in [3.8, 4) is 0 Å². The molecule has 1 heterocycles. The number of nitrogens with one attached hydrogen (secondary N) is 2. The summed E-state index contributed by atoms with van der Waals surface area (Å²) in [6, 6.07) is 3.93. The van der Waals surface area contributed by atoms with Gasteiger partial charge < -0.3 is 14.6 Å². The zero-order chi connectivity index (χ0) is 10.8. The predicted octanol–water partition coefficient (Wildman–Crippen LogP) is 1.56. The molecular weight excluding hydrogens is 301 g/mol. The first-order valence-electron chi connectivity index (χ1n) is 4.91. The summed E-state index contributed by atoms with van der Waals surface area (Å²) < 4.78 is 23.8. The molecule has 0 saturated carbocycles. The largest absolute Gasteiger partial charge is 0.755 e. The van der Waals surface area contributed by atoms with E-state index in [2.05, 4.69) is 10.0 Å². The predicted molar refractivity (Wildman–Crippen MR) is 60.5 cm³/mol. The Morgan fingerprint density at radius 3 is 2.94 bits per heavy atom. The summed E-state index contributed by atoms with van der Waals surface area (Å²) in [4.78, 5) is 0. The number of rotatable bonds is 2. The fraction of sp³-hybridized carbons (Fsp3) is 0.400. The Hall–Kier alpha value is 0.0339. The molecule has 1 aromatic rings. The van der Waals surface area contributed by atoms with Gasteiger partial charge in [-0.05, 0) is 37.0 Å². The van der Waals surface area contributed by atoms with E-state index in [0.29, 0.717) is 0 Å². The van der Waals surface area contributed by atoms with E-state index in [-0.39, 0.29) is 32.7 Å². The second kappa shape index (κ2) is 6.10. The summed E-state index contributed by atoms with van der Waals surface area (Å²) in [6.07, 6.45) is 1.96. The molecule has 0 spiro atoms. The van der Waals surface area contributed by atoms with Crippen molar-refractivity contribution in [3.63, 3.8) is 0 Å². The van der Waals surface area contributed by atoms with Crippen LogP contribution >= 0.6 is 0 Å². The maximum atomic E-state index is 10.7. The van der Waals surface area contributed by atoms with Crippen LogP contribution in [0.15, 0.2) is 12.1 Å². The van der Waals surface area contributed by atoms with Gasteiger partial charge in [0.05, 0.1) is 5.69 Å². The van der Waals surface area contributed by atoms with Gasteiger partial charge >= 0.3 is 0 Å². The zero-order valence-electron chi connectivity index (χ0n) is 9.08. The molecule has 0 amide bonds. The quantitative estimate of drug-likeness (QED) is 0.814. The van der Waals surface area contributed by atoms with Gasteiger partial charge in [-0.15, -0.1) is 0 Å². The molecule has 1 atom stereocenters. The van der Waals surface area contributed by atoms with Gasteiger partial charge in [-0.2, -0.15) is 0 Å². The molecule has 2 rings (SSSR count). The summed E-state index contributed by atoms with van der Waals surface area (Å²) >= 11 is -2.25. The molecule has 0 bridgehead atoms. The summed E-state index contributed by atoms with van der Waals surface area (Å²) in [5.41, 5.74) is 3.81. The smallest absolute Gasteiger partial charge is 0.0534 e. The SMILES string of the molecule is Cc1ccc2c(c1NS(=O)[O-])CCCN2.[Y]. The van der Waals surface area contributed by atoms with Crippen molar-refractivity contribution in [2.45, 2.75) is 19.8 Å². The van der Waals surface area contributed by atoms with E-state index in [1.807, 2.05) is 19.1 Å². The first-order valence-corrected chi connectivity index (χ1v) is 5.98. The van der Waals surface area contributed by atoms with Crippen molar-refractivity contribution < 1.29 is 41.5 Å². The van der Waals surface area contributed by atoms with E-state index in [9.17, 15) is 8.76 Å². The molecule has 0 saturated heterocycles. The molecule has 1 radical (unpaired) electrons. The van der Waals surface area contributed by atoms with Crippen molar-refractivity contribution in [2.24, 2.45) is 0 Å². The molecule has 0 fully saturated rings. The topological polar surface area (TPSA) is 64.2 Å². The van der Waals surface area contributed by atoms with Crippen LogP contribution in [0.4, 0.5) is 11.4 Å². The number of anilines is 2. The number of aryl methyl sites for hydroxylation is 1. The van der Waals surface area contributed by atoms with Crippen molar-refractivity contribution in [1.29, 1.82) is 0 Å². The van der Waals surface area contributed by atoms with Crippen LogP contribution in [0.1, 0.15) is 17.5 Å². The Labute approximate surface area is 123 Å². The maximum absolute atomic E-state index is 10.7. The Morgan fingerprint density at radius 2 is 2.25 bits per heavy atom. The third-order valence-electron chi connectivity index (χ3n) is 2.63. The van der Waals surface area contributed by atoms with Crippen LogP contribution in [0.2, 0.25) is 0 Å². The third-order valence-corrected chi connectivity index (χ3v) is 3.00. The standard InChI is InChI=1S/C10H14N2O2S.Y/c1-7-4-5-9-8(3-2-6-11-9)10(7)12-15(13)14;/h4-5,11-12H,2-3,6H2,1H3,(H,13,14);/p-1. The number of hydrogen-bond acceptors (Lipinski definition) is 3. The minimum Gasteiger partial charge on any atom is -0.755 e. The van der Waals surface area contributed by atoms with Gasteiger partial charge in [0, 0.05) is 56.2 Å². The van der Waals surface area contributed by atoms with E-state index >= 15 is 0 Å². The first-order chi connectivity index (χ1) is 7.18. The number of hydrogen-bond donors (Lipinski definition) is 2. The fourth-order valence-corrected chi connectivity index (χ4v) is 2.35. The Balaban J connectivity index is 0.00000128. The maximum Gasteiger partial charge on any atom is 0.0534 e. The van der Waals surface area contributed by atoms with E-state index in [1.54, 1.807) is 0 Å². The van der Waals surface area contributed by atoms with Gasteiger partial charge in [-0.25, -0.2) is 0 Å². The van der Waals surface area contributed by atoms with E-state index in [0.717, 1.165) is 41.9 Å². The van der Waals surface area contributed by atoms with E-state index < -0.39 is 11.3 Å². The van der Waals surface area contributed by atoms with Crippen LogP contribution in [0.25, 0.3) is 0 Å². The van der Waals surface area contributed by atoms with Crippen LogP contribution in [0, 0.1) is 6.92 Å². The molecule has 1 aliphatic heterocycles. The summed E-state index contributed by atoms with van der Waals surface area (Å²) in [5.74, 6) is 0. The van der Waals surface area contributed by atoms with Gasteiger partial charge in [0.2, 0.25) is 0 Å². The Morgan fingerprint density at radius 1 is 1.50 bits per heavy atom. The molecule has 1 aromatic carbocycles. The van der Waals surface area contributed by atoms with Crippen LogP contribution < -0.4 is 10.0 Å². The number of benzene rings is 1. The molecule has 85 valence electrons. The second-order valence-corrected chi connectivity index (χ2v) is 4.32. The van der Waals surface area contributed by atoms with E-state index in [4.69, 9.17) is 0 Å². The van der Waals surface area contributed by atoms with Gasteiger partial charge in [0.15, 0.2) is 0 Å². The van der Waals surface area contributed by atoms with E-state index in [1.165, 1.54) is 0 Å². The normalized spacial score (nSPS) is 15.4. The van der Waals surface area contributed by atoms with Gasteiger partial charge in [-0.1, -0.05) is 6.07 Å². The van der Waals surface area contributed by atoms with Crippen LogP contribution in [0.5, 0.6) is 0 Å². The summed E-state index contributed by atoms with van der Waals surface area (Å²) in [7, 11) is 0. The molecule has 1 unspecified atom stereocenters. The average molecular weight is 314 g/mol. The van der Waals surface area contributed by atoms with Crippen LogP contribution in [0.3, 0.4) is 0 Å². The monoisotopic (exact) mass is 314 g/mol. The molecule has 0 aliphatic carbocycles. The summed E-state index contributed by atoms with van der Waals surface area (Å²) in [5, 5.41) is 3.26. The molecule has 16 heavy (non-hydrogen) atoms. The minimum atomic E-state index is -2.25. The summed E-state index contributed by atoms with van der Waals surface area (Å²) in [6.45, 7) is 2.86. The molecular formula is C10H13N2O2SY-. The van der Waals surface area contributed by atoms with Crippen LogP contribution in [-0.2, 0) is 50.4 Å². The molecule has 4 nitrogen and oxygen atoms in total. The van der Waals surface area contributed by atoms with Gasteiger partial charge in [0.25, 0.3) is 0 Å².